The van der Waals surface area contributed by atoms with Crippen molar-refractivity contribution in [3.63, 3.8) is 0 Å². The highest BCUT2D eigenvalue weighted by atomic mass is 28.3. The van der Waals surface area contributed by atoms with Gasteiger partial charge in [-0.15, -0.1) is 0 Å². The van der Waals surface area contributed by atoms with Gasteiger partial charge in [0.1, 0.15) is 34.6 Å². The summed E-state index contributed by atoms with van der Waals surface area (Å²) >= 11 is 0. The Labute approximate surface area is 819 Å². The first-order chi connectivity index (χ1) is 68.2. The van der Waals surface area contributed by atoms with Crippen molar-refractivity contribution in [3.8, 4) is 89.8 Å². The van der Waals surface area contributed by atoms with Gasteiger partial charge in [0, 0.05) is 108 Å². The fourth-order valence-corrected chi connectivity index (χ4v) is 25.0. The molecule has 20 aromatic carbocycles. The van der Waals surface area contributed by atoms with Gasteiger partial charge in [0.15, 0.2) is 0 Å². The smallest absolute Gasteiger partial charge is 0.137 e. The Morgan fingerprint density at radius 1 is 0.207 bits per heavy atom. The van der Waals surface area contributed by atoms with Crippen LogP contribution in [0.2, 0.25) is 39.3 Å². The van der Waals surface area contributed by atoms with Crippen molar-refractivity contribution in [1.29, 1.82) is 0 Å². The van der Waals surface area contributed by atoms with Crippen LogP contribution in [0.5, 0.6) is 23.0 Å². The Morgan fingerprint density at radius 3 is 0.993 bits per heavy atom. The molecule has 10 heteroatoms. The molecule has 4 heterocycles. The van der Waals surface area contributed by atoms with E-state index in [9.17, 15) is 0 Å². The molecule has 4 aliphatic rings. The Morgan fingerprint density at radius 2 is 0.543 bits per heavy atom. The predicted octanol–water partition coefficient (Wildman–Crippen LogP) is 35.5. The molecule has 0 N–H and O–H groups in total. The quantitative estimate of drug-likeness (QED) is 0.0701. The van der Waals surface area contributed by atoms with Crippen LogP contribution in [0.3, 0.4) is 0 Å². The van der Waals surface area contributed by atoms with E-state index in [0.717, 1.165) is 163 Å². The van der Waals surface area contributed by atoms with Gasteiger partial charge < -0.3 is 19.3 Å². The van der Waals surface area contributed by atoms with Gasteiger partial charge in [-0.3, -0.25) is 9.80 Å². The molecule has 0 bridgehead atoms. The lowest BCUT2D eigenvalue weighted by molar-refractivity contribution is 0.487. The van der Waals surface area contributed by atoms with Crippen LogP contribution in [0.15, 0.2) is 437 Å². The largest absolute Gasteiger partial charge is 0.456 e. The summed E-state index contributed by atoms with van der Waals surface area (Å²) in [5.41, 5.74) is 30.3. The lowest BCUT2D eigenvalue weighted by Crippen LogP contribution is -2.37. The first-order valence-corrected chi connectivity index (χ1v) is 55.7. The van der Waals surface area contributed by atoms with Crippen molar-refractivity contribution >= 4 is 160 Å². The van der Waals surface area contributed by atoms with Gasteiger partial charge in [-0.05, 0) is 255 Å². The van der Waals surface area contributed by atoms with Crippen molar-refractivity contribution in [1.82, 2.24) is 9.97 Å². The minimum absolute atomic E-state index is 0.131. The maximum atomic E-state index is 7.18. The molecule has 0 saturated heterocycles. The second-order valence-corrected chi connectivity index (χ2v) is 50.9. The van der Waals surface area contributed by atoms with E-state index >= 15 is 0 Å². The van der Waals surface area contributed by atoms with E-state index in [0.29, 0.717) is 0 Å². The highest BCUT2D eigenvalue weighted by Gasteiger charge is 2.40. The zero-order valence-corrected chi connectivity index (χ0v) is 82.1. The number of nitrogens with zero attached hydrogens (tertiary/aromatic N) is 6. The SMILES string of the molecule is CC1(C)c2ccccc2-c2ccc(N(c3ccc([Si](C)(C)C)cc3)c3ccc4c(c3)Oc3cccc5c3c-4cc3c4ccccc4c(N(c4ccc([Si](C)(C)C)cc4)c4ccc6c(c4)C(C)(C)c4ccccc4-6)cc53)cc21.c1ccc(-c2ccccc2N(c2ccc3c(c2)Oc2cccc4c2c-3cc2c3ccccc3c(N(c3ccccn3)c3ccccc3-c3ccccc3)cc42)c2ccccn2)cc1. The first-order valence-electron chi connectivity index (χ1n) is 48.7. The number of para-hydroxylation sites is 2. The maximum Gasteiger partial charge on any atom is 0.137 e. The number of ether oxygens (including phenoxy) is 2. The fraction of sp³-hybridized carbons (Fsp3) is 0.0923. The van der Waals surface area contributed by atoms with E-state index < -0.39 is 16.1 Å². The molecule has 672 valence electrons. The molecule has 2 aliphatic heterocycles. The summed E-state index contributed by atoms with van der Waals surface area (Å²) in [5, 5.41) is 16.9. The average Bonchev–Trinajstić information content (AvgIpc) is 0.790. The number of aromatic nitrogens is 2. The van der Waals surface area contributed by atoms with Crippen molar-refractivity contribution < 1.29 is 9.47 Å². The van der Waals surface area contributed by atoms with Gasteiger partial charge in [-0.1, -0.05) is 344 Å². The topological polar surface area (TPSA) is 57.2 Å². The van der Waals surface area contributed by atoms with Gasteiger partial charge in [-0.25, -0.2) is 9.97 Å². The lowest BCUT2D eigenvalue weighted by atomic mass is 9.82. The fourth-order valence-electron chi connectivity index (χ4n) is 22.7. The number of anilines is 12. The van der Waals surface area contributed by atoms with Crippen LogP contribution in [0.25, 0.3) is 131 Å². The van der Waals surface area contributed by atoms with Crippen molar-refractivity contribution in [2.75, 3.05) is 19.6 Å². The van der Waals surface area contributed by atoms with E-state index in [4.69, 9.17) is 19.4 Å². The minimum Gasteiger partial charge on any atom is -0.456 e. The molecule has 2 aromatic heterocycles. The molecule has 8 nitrogen and oxygen atoms in total. The summed E-state index contributed by atoms with van der Waals surface area (Å²) in [6.07, 6.45) is 3.71. The van der Waals surface area contributed by atoms with Gasteiger partial charge in [0.25, 0.3) is 0 Å². The molecule has 0 atom stereocenters. The van der Waals surface area contributed by atoms with E-state index in [1.807, 2.05) is 30.6 Å². The number of rotatable bonds is 16. The second-order valence-electron chi connectivity index (χ2n) is 40.7. The summed E-state index contributed by atoms with van der Waals surface area (Å²) in [7, 11) is -3.10. The van der Waals surface area contributed by atoms with Crippen molar-refractivity contribution in [2.24, 2.45) is 0 Å². The number of pyridine rings is 2. The van der Waals surface area contributed by atoms with Gasteiger partial charge in [-0.2, -0.15) is 0 Å². The third kappa shape index (κ3) is 14.1. The van der Waals surface area contributed by atoms with E-state index in [2.05, 4.69) is 493 Å². The zero-order chi connectivity index (χ0) is 94.6. The first kappa shape index (κ1) is 85.2. The normalized spacial score (nSPS) is 13.2. The van der Waals surface area contributed by atoms with E-state index in [1.165, 1.54) is 92.8 Å². The highest BCUT2D eigenvalue weighted by molar-refractivity contribution is 6.89. The van der Waals surface area contributed by atoms with Crippen LogP contribution in [0.4, 0.5) is 68.5 Å². The van der Waals surface area contributed by atoms with E-state index in [-0.39, 0.29) is 10.8 Å². The van der Waals surface area contributed by atoms with Crippen LogP contribution in [0, 0.1) is 0 Å². The van der Waals surface area contributed by atoms with Crippen LogP contribution < -0.4 is 39.4 Å². The van der Waals surface area contributed by atoms with Gasteiger partial charge in [0.05, 0.1) is 44.6 Å². The molecule has 26 rings (SSSR count). The van der Waals surface area contributed by atoms with E-state index in [1.54, 1.807) is 0 Å². The van der Waals surface area contributed by atoms with Crippen LogP contribution in [-0.4, -0.2) is 26.1 Å². The Bertz CT molecular complexity index is 8780. The van der Waals surface area contributed by atoms with Crippen molar-refractivity contribution in [2.45, 2.75) is 77.8 Å². The summed E-state index contributed by atoms with van der Waals surface area (Å²) in [6, 6.07) is 155. The third-order valence-corrected chi connectivity index (χ3v) is 33.8. The summed E-state index contributed by atoms with van der Waals surface area (Å²) in [6.45, 7) is 24.0. The lowest BCUT2D eigenvalue weighted by Gasteiger charge is -2.31. The molecule has 0 fully saturated rings. The second kappa shape index (κ2) is 33.2. The number of hydrogen-bond acceptors (Lipinski definition) is 8. The standard InChI is InChI=1S/C72H64N2OSi2.C58H38N4O/c1-71(2)63-23-15-13-19-53(63)55-37-30-47(40-65(55)71)73(45-26-33-50(34-27-45)76(5,6)7)49-32-39-58-62-43-60-52-18-11-12-21-57(52)67(44-61(60)59-22-17-25-68(70(59)62)75-69(58)42-49)74(46-28-35-51(36-29-46)77(8,9)10)48-31-38-56-54-20-14-16-24-64(54)72(3,4)66(56)41-48;1-3-18-39(19-4-1)42-22-9-11-27-51(42)61(56-30-13-15-34-59-56)41-32-33-46-50-37-48-44-24-7-8-25-45(44)53(38-49(48)47-26-17-29-54(58(47)50)63-55(46)36-41)62(57-31-14-16-35-60-57)52-28-12-10-23-43(52)40-20-5-2-6-21-40/h11-44H,1-10H3;1-38H. The molecule has 0 amide bonds. The molecular weight excluding hydrogens is 1730 g/mol. The van der Waals surface area contributed by atoms with Crippen molar-refractivity contribution in [3.05, 3.63) is 459 Å². The molecule has 140 heavy (non-hydrogen) atoms. The number of fused-ring (bicyclic) bond motifs is 18. The van der Waals surface area contributed by atoms with Crippen LogP contribution in [-0.2, 0) is 10.8 Å². The molecular formula is C130H102N6O2Si2. The monoisotopic (exact) mass is 1830 g/mol. The predicted molar refractivity (Wildman–Crippen MR) is 595 cm³/mol. The molecule has 22 aromatic rings. The van der Waals surface area contributed by atoms with Gasteiger partial charge >= 0.3 is 0 Å². The Balaban J connectivity index is 0.000000151. The highest BCUT2D eigenvalue weighted by Crippen LogP contribution is 2.59. The Kier molecular flexibility index (Phi) is 20.2. The maximum absolute atomic E-state index is 7.18. The number of hydrogen-bond donors (Lipinski definition) is 0. The number of benzene rings is 20. The summed E-state index contributed by atoms with van der Waals surface area (Å²) in [5.74, 6) is 5.01. The summed E-state index contributed by atoms with van der Waals surface area (Å²) < 4.78 is 14.2. The molecule has 2 aliphatic carbocycles. The molecule has 0 unspecified atom stereocenters. The Hall–Kier alpha value is -16.5. The van der Waals surface area contributed by atoms with Gasteiger partial charge in [0.2, 0.25) is 0 Å². The molecule has 0 saturated carbocycles. The van der Waals surface area contributed by atoms with Crippen LogP contribution in [0.1, 0.15) is 49.9 Å². The third-order valence-electron chi connectivity index (χ3n) is 29.7. The molecule has 0 spiro atoms. The zero-order valence-electron chi connectivity index (χ0n) is 80.1. The molecule has 0 radical (unpaired) electrons. The van der Waals surface area contributed by atoms with Crippen LogP contribution >= 0.6 is 0 Å². The average molecular weight is 1840 g/mol. The summed E-state index contributed by atoms with van der Waals surface area (Å²) in [4.78, 5) is 19.3. The minimum atomic E-state index is -1.56.